The molecule has 0 amide bonds. The van der Waals surface area contributed by atoms with Gasteiger partial charge in [0.25, 0.3) is 0 Å². The van der Waals surface area contributed by atoms with Gasteiger partial charge in [-0.15, -0.1) is 0 Å². The zero-order valence-electron chi connectivity index (χ0n) is 14.1. The normalized spacial score (nSPS) is 23.6. The van der Waals surface area contributed by atoms with Crippen molar-refractivity contribution in [2.24, 2.45) is 5.92 Å². The highest BCUT2D eigenvalue weighted by Crippen LogP contribution is 2.53. The number of benzene rings is 2. The number of hydrogen-bond acceptors (Lipinski definition) is 3. The van der Waals surface area contributed by atoms with Crippen molar-refractivity contribution in [1.82, 2.24) is 0 Å². The van der Waals surface area contributed by atoms with Crippen molar-refractivity contribution >= 4 is 21.6 Å². The molecular formula is C20H19BrFNO2. The molecule has 1 heterocycles. The second kappa shape index (κ2) is 6.37. The van der Waals surface area contributed by atoms with Gasteiger partial charge in [-0.05, 0) is 36.1 Å². The van der Waals surface area contributed by atoms with Gasteiger partial charge in [0.05, 0.1) is 25.9 Å². The summed E-state index contributed by atoms with van der Waals surface area (Å²) in [6.07, 6.45) is 5.32. The molecule has 25 heavy (non-hydrogen) atoms. The molecule has 2 aromatic carbocycles. The fraction of sp³-hybridized carbons (Fsp3) is 0.300. The molecule has 130 valence electrons. The van der Waals surface area contributed by atoms with Gasteiger partial charge in [0, 0.05) is 16.0 Å². The highest BCUT2D eigenvalue weighted by Gasteiger charge is 2.40. The lowest BCUT2D eigenvalue weighted by Gasteiger charge is -2.38. The Morgan fingerprint density at radius 2 is 2.00 bits per heavy atom. The van der Waals surface area contributed by atoms with E-state index in [0.29, 0.717) is 23.1 Å². The summed E-state index contributed by atoms with van der Waals surface area (Å²) in [7, 11) is 3.27. The monoisotopic (exact) mass is 403 g/mol. The largest absolute Gasteiger partial charge is 0.493 e. The van der Waals surface area contributed by atoms with Crippen LogP contribution in [0.15, 0.2) is 47.0 Å². The Morgan fingerprint density at radius 3 is 2.76 bits per heavy atom. The molecule has 0 saturated carbocycles. The van der Waals surface area contributed by atoms with Gasteiger partial charge in [-0.25, -0.2) is 4.39 Å². The standard InChI is InChI=1S/C20H19BrFNO2/c1-24-17-8-4-7-14(20(17)25-2)18-13-6-3-5-12(13)15-9-11(21)10-16(22)19(15)23-18/h3-5,7-10,12-13,18,23H,6H2,1-2H3/t12-,13-,18+/m1/s1. The molecule has 0 saturated heterocycles. The van der Waals surface area contributed by atoms with Crippen LogP contribution < -0.4 is 14.8 Å². The lowest BCUT2D eigenvalue weighted by Crippen LogP contribution is -2.30. The number of methoxy groups -OCH3 is 2. The van der Waals surface area contributed by atoms with Crippen molar-refractivity contribution in [2.75, 3.05) is 19.5 Å². The third kappa shape index (κ3) is 2.61. The van der Waals surface area contributed by atoms with Gasteiger partial charge in [-0.1, -0.05) is 40.2 Å². The van der Waals surface area contributed by atoms with E-state index in [2.05, 4.69) is 33.4 Å². The maximum atomic E-state index is 14.6. The second-order valence-electron chi connectivity index (χ2n) is 6.41. The number of halogens is 2. The Hall–Kier alpha value is -2.01. The molecule has 2 aromatic rings. The molecule has 1 aliphatic carbocycles. The molecule has 5 heteroatoms. The predicted molar refractivity (Wildman–Crippen MR) is 100.0 cm³/mol. The number of fused-ring (bicyclic) bond motifs is 3. The molecule has 4 rings (SSSR count). The topological polar surface area (TPSA) is 30.5 Å². The van der Waals surface area contributed by atoms with E-state index in [1.54, 1.807) is 14.2 Å². The van der Waals surface area contributed by atoms with E-state index in [0.717, 1.165) is 22.0 Å². The van der Waals surface area contributed by atoms with Crippen LogP contribution in [0.4, 0.5) is 10.1 Å². The van der Waals surface area contributed by atoms with E-state index in [4.69, 9.17) is 9.47 Å². The lowest BCUT2D eigenvalue weighted by atomic mass is 9.76. The van der Waals surface area contributed by atoms with Crippen molar-refractivity contribution < 1.29 is 13.9 Å². The van der Waals surface area contributed by atoms with Crippen molar-refractivity contribution in [2.45, 2.75) is 18.4 Å². The van der Waals surface area contributed by atoms with Crippen molar-refractivity contribution in [3.63, 3.8) is 0 Å². The second-order valence-corrected chi connectivity index (χ2v) is 7.33. The number of para-hydroxylation sites is 1. The van der Waals surface area contributed by atoms with E-state index in [1.807, 2.05) is 24.3 Å². The molecule has 0 unspecified atom stereocenters. The van der Waals surface area contributed by atoms with Crippen molar-refractivity contribution in [1.29, 1.82) is 0 Å². The molecule has 0 aromatic heterocycles. The van der Waals surface area contributed by atoms with Crippen LogP contribution in [-0.2, 0) is 0 Å². The van der Waals surface area contributed by atoms with Gasteiger partial charge >= 0.3 is 0 Å². The zero-order chi connectivity index (χ0) is 17.6. The first kappa shape index (κ1) is 16.5. The molecule has 0 bridgehead atoms. The minimum Gasteiger partial charge on any atom is -0.493 e. The summed E-state index contributed by atoms with van der Waals surface area (Å²) in [6.45, 7) is 0. The minimum absolute atomic E-state index is 0.0479. The molecule has 3 atom stereocenters. The highest BCUT2D eigenvalue weighted by molar-refractivity contribution is 9.10. The van der Waals surface area contributed by atoms with Gasteiger partial charge in [0.15, 0.2) is 11.5 Å². The molecule has 0 radical (unpaired) electrons. The molecule has 0 fully saturated rings. The average molecular weight is 404 g/mol. The van der Waals surface area contributed by atoms with Gasteiger partial charge < -0.3 is 14.8 Å². The molecule has 3 nitrogen and oxygen atoms in total. The first-order valence-electron chi connectivity index (χ1n) is 8.27. The summed E-state index contributed by atoms with van der Waals surface area (Å²) in [5, 5.41) is 3.43. The van der Waals surface area contributed by atoms with Gasteiger partial charge in [-0.2, -0.15) is 0 Å². The van der Waals surface area contributed by atoms with E-state index in [-0.39, 0.29) is 17.8 Å². The van der Waals surface area contributed by atoms with Crippen molar-refractivity contribution in [3.8, 4) is 11.5 Å². The first-order valence-corrected chi connectivity index (χ1v) is 9.06. The van der Waals surface area contributed by atoms with E-state index < -0.39 is 0 Å². The SMILES string of the molecule is COc1cccc([C@H]2Nc3c(F)cc(Br)cc3[C@@H]3C=CC[C@@H]23)c1OC. The number of allylic oxidation sites excluding steroid dienone is 2. The molecule has 1 aliphatic heterocycles. The molecule has 2 aliphatic rings. The van der Waals surface area contributed by atoms with Crippen LogP contribution >= 0.6 is 15.9 Å². The number of ether oxygens (including phenoxy) is 2. The van der Waals surface area contributed by atoms with Crippen LogP contribution in [-0.4, -0.2) is 14.2 Å². The molecular weight excluding hydrogens is 385 g/mol. The molecule has 0 spiro atoms. The molecule has 1 N–H and O–H groups in total. The van der Waals surface area contributed by atoms with Gasteiger partial charge in [0.2, 0.25) is 0 Å². The minimum atomic E-state index is -0.241. The fourth-order valence-corrected chi connectivity index (χ4v) is 4.53. The summed E-state index contributed by atoms with van der Waals surface area (Å²) in [5.41, 5.74) is 2.57. The van der Waals surface area contributed by atoms with Crippen LogP contribution in [0, 0.1) is 11.7 Å². The number of hydrogen-bond donors (Lipinski definition) is 1. The summed E-state index contributed by atoms with van der Waals surface area (Å²) in [4.78, 5) is 0. The highest BCUT2D eigenvalue weighted by atomic mass is 79.9. The van der Waals surface area contributed by atoms with Gasteiger partial charge in [-0.3, -0.25) is 0 Å². The Balaban J connectivity index is 1.85. The quantitative estimate of drug-likeness (QED) is 0.692. The van der Waals surface area contributed by atoms with Crippen LogP contribution in [0.2, 0.25) is 0 Å². The lowest BCUT2D eigenvalue weighted by molar-refractivity contribution is 0.340. The zero-order valence-corrected chi connectivity index (χ0v) is 15.6. The smallest absolute Gasteiger partial charge is 0.165 e. The van der Waals surface area contributed by atoms with E-state index in [9.17, 15) is 4.39 Å². The Bertz CT molecular complexity index is 852. The third-order valence-electron chi connectivity index (χ3n) is 5.15. The van der Waals surface area contributed by atoms with E-state index >= 15 is 0 Å². The maximum Gasteiger partial charge on any atom is 0.165 e. The summed E-state index contributed by atoms with van der Waals surface area (Å²) >= 11 is 3.41. The van der Waals surface area contributed by atoms with Crippen LogP contribution in [0.25, 0.3) is 0 Å². The summed E-state index contributed by atoms with van der Waals surface area (Å²) < 4.78 is 26.5. The van der Waals surface area contributed by atoms with Crippen molar-refractivity contribution in [3.05, 3.63) is 63.9 Å². The van der Waals surface area contributed by atoms with Crippen LogP contribution in [0.1, 0.15) is 29.5 Å². The van der Waals surface area contributed by atoms with E-state index in [1.165, 1.54) is 6.07 Å². The van der Waals surface area contributed by atoms with Crippen LogP contribution in [0.3, 0.4) is 0 Å². The van der Waals surface area contributed by atoms with Crippen LogP contribution in [0.5, 0.6) is 11.5 Å². The Kier molecular flexibility index (Phi) is 4.20. The number of nitrogens with one attached hydrogen (secondary N) is 1. The fourth-order valence-electron chi connectivity index (χ4n) is 4.09. The average Bonchev–Trinajstić information content (AvgIpc) is 3.10. The van der Waals surface area contributed by atoms with Gasteiger partial charge in [0.1, 0.15) is 5.82 Å². The third-order valence-corrected chi connectivity index (χ3v) is 5.61. The maximum absolute atomic E-state index is 14.6. The first-order chi connectivity index (χ1) is 12.1. The Labute approximate surface area is 155 Å². The summed E-state index contributed by atoms with van der Waals surface area (Å²) in [6, 6.07) is 9.32. The summed E-state index contributed by atoms with van der Waals surface area (Å²) in [5.74, 6) is 1.64. The number of anilines is 1. The predicted octanol–water partition coefficient (Wildman–Crippen LogP) is 5.43. The Morgan fingerprint density at radius 1 is 1.16 bits per heavy atom. The number of rotatable bonds is 3.